The van der Waals surface area contributed by atoms with Crippen LogP contribution in [0.15, 0.2) is 27.3 Å². The maximum atomic E-state index is 12.6. The molecule has 3 heterocycles. The van der Waals surface area contributed by atoms with E-state index >= 15 is 0 Å². The van der Waals surface area contributed by atoms with E-state index in [0.717, 1.165) is 24.8 Å². The van der Waals surface area contributed by atoms with Crippen molar-refractivity contribution in [1.29, 1.82) is 0 Å². The monoisotopic (exact) mass is 401 g/mol. The van der Waals surface area contributed by atoms with Crippen molar-refractivity contribution >= 4 is 39.6 Å². The molecule has 140 valence electrons. The van der Waals surface area contributed by atoms with Gasteiger partial charge in [-0.15, -0.1) is 22.7 Å². The van der Waals surface area contributed by atoms with Crippen LogP contribution in [0.2, 0.25) is 0 Å². The molecule has 3 aromatic rings. The molecular weight excluding hydrogens is 382 g/mol. The Morgan fingerprint density at radius 1 is 1.19 bits per heavy atom. The average molecular weight is 402 g/mol. The summed E-state index contributed by atoms with van der Waals surface area (Å²) in [6.45, 7) is 1.80. The lowest BCUT2D eigenvalue weighted by Gasteiger charge is -2.12. The van der Waals surface area contributed by atoms with Crippen LogP contribution in [0.25, 0.3) is 11.5 Å². The Balaban J connectivity index is 1.44. The molecule has 0 saturated heterocycles. The number of thiophene rings is 1. The summed E-state index contributed by atoms with van der Waals surface area (Å²) in [4.78, 5) is 29.4. The highest BCUT2D eigenvalue weighted by Crippen LogP contribution is 2.31. The number of hydrogen-bond donors (Lipinski definition) is 2. The van der Waals surface area contributed by atoms with Crippen molar-refractivity contribution < 1.29 is 14.0 Å². The first-order valence-electron chi connectivity index (χ1n) is 8.80. The Kier molecular flexibility index (Phi) is 5.09. The third-order valence-corrected chi connectivity index (χ3v) is 6.30. The molecule has 0 atom stereocenters. The summed E-state index contributed by atoms with van der Waals surface area (Å²) in [6.07, 6.45) is 4.41. The smallest absolute Gasteiger partial charge is 0.258 e. The second-order valence-corrected chi connectivity index (χ2v) is 8.25. The van der Waals surface area contributed by atoms with Crippen LogP contribution < -0.4 is 10.6 Å². The van der Waals surface area contributed by atoms with Crippen molar-refractivity contribution in [2.75, 3.05) is 5.32 Å². The molecule has 0 unspecified atom stereocenters. The third-order valence-electron chi connectivity index (χ3n) is 4.46. The fraction of sp³-hybridized carbons (Fsp3) is 0.316. The van der Waals surface area contributed by atoms with E-state index in [-0.39, 0.29) is 11.8 Å². The zero-order valence-corrected chi connectivity index (χ0v) is 16.5. The molecule has 0 bridgehead atoms. The number of fused-ring (bicyclic) bond motifs is 1. The third kappa shape index (κ3) is 3.96. The van der Waals surface area contributed by atoms with Gasteiger partial charge >= 0.3 is 0 Å². The molecule has 27 heavy (non-hydrogen) atoms. The number of anilines is 1. The number of aryl methyl sites for hydroxylation is 1. The number of hydrogen-bond acceptors (Lipinski definition) is 6. The Labute approximate surface area is 164 Å². The standard InChI is InChI=1S/C19H19N3O3S2/c1-11(23)20-8-12-6-7-16(25-12)15-10-27-19(21-15)22-18(24)14-9-26-17-5-3-2-4-13(14)17/h6-7,9-10H,2-5,8H2,1H3,(H,20,23)(H,21,22,24). The summed E-state index contributed by atoms with van der Waals surface area (Å²) >= 11 is 3.05. The molecule has 3 aromatic heterocycles. The van der Waals surface area contributed by atoms with E-state index in [1.165, 1.54) is 35.1 Å². The number of aromatic nitrogens is 1. The van der Waals surface area contributed by atoms with Crippen molar-refractivity contribution in [3.05, 3.63) is 44.7 Å². The van der Waals surface area contributed by atoms with E-state index in [9.17, 15) is 9.59 Å². The van der Waals surface area contributed by atoms with Crippen LogP contribution in [0, 0.1) is 0 Å². The molecule has 2 N–H and O–H groups in total. The molecule has 4 rings (SSSR count). The topological polar surface area (TPSA) is 84.2 Å². The molecule has 6 nitrogen and oxygen atoms in total. The minimum atomic E-state index is -0.109. The molecule has 0 saturated carbocycles. The predicted molar refractivity (Wildman–Crippen MR) is 106 cm³/mol. The number of furan rings is 1. The number of nitrogens with zero attached hydrogens (tertiary/aromatic N) is 1. The number of nitrogens with one attached hydrogen (secondary N) is 2. The minimum absolute atomic E-state index is 0.0962. The lowest BCUT2D eigenvalue weighted by Crippen LogP contribution is -2.18. The molecule has 1 aliphatic carbocycles. The van der Waals surface area contributed by atoms with Gasteiger partial charge in [-0.05, 0) is 43.4 Å². The van der Waals surface area contributed by atoms with Crippen molar-refractivity contribution in [3.63, 3.8) is 0 Å². The molecule has 0 spiro atoms. The van der Waals surface area contributed by atoms with Crippen molar-refractivity contribution in [3.8, 4) is 11.5 Å². The van der Waals surface area contributed by atoms with Crippen LogP contribution in [0.3, 0.4) is 0 Å². The average Bonchev–Trinajstić information content (AvgIpc) is 3.38. The van der Waals surface area contributed by atoms with Crippen LogP contribution in [-0.2, 0) is 24.2 Å². The molecule has 8 heteroatoms. The Hall–Kier alpha value is -2.45. The van der Waals surface area contributed by atoms with Crippen LogP contribution in [0.1, 0.15) is 46.3 Å². The van der Waals surface area contributed by atoms with Gasteiger partial charge in [0.05, 0.1) is 12.1 Å². The molecule has 0 radical (unpaired) electrons. The van der Waals surface area contributed by atoms with Crippen LogP contribution in [-0.4, -0.2) is 16.8 Å². The maximum Gasteiger partial charge on any atom is 0.258 e. The van der Waals surface area contributed by atoms with Gasteiger partial charge in [-0.1, -0.05) is 0 Å². The number of rotatable bonds is 5. The van der Waals surface area contributed by atoms with Gasteiger partial charge in [0.2, 0.25) is 5.91 Å². The Bertz CT molecular complexity index is 986. The summed E-state index contributed by atoms with van der Waals surface area (Å²) < 4.78 is 5.70. The first-order valence-corrected chi connectivity index (χ1v) is 10.6. The molecule has 2 amide bonds. The lowest BCUT2D eigenvalue weighted by atomic mass is 9.96. The molecule has 0 aromatic carbocycles. The van der Waals surface area contributed by atoms with Gasteiger partial charge in [-0.25, -0.2) is 4.98 Å². The zero-order valence-electron chi connectivity index (χ0n) is 14.8. The maximum absolute atomic E-state index is 12.6. The molecule has 0 fully saturated rings. The second-order valence-electron chi connectivity index (χ2n) is 6.43. The summed E-state index contributed by atoms with van der Waals surface area (Å²) in [5.74, 6) is 1.06. The van der Waals surface area contributed by atoms with Gasteiger partial charge in [0.1, 0.15) is 11.5 Å². The minimum Gasteiger partial charge on any atom is -0.458 e. The Morgan fingerprint density at radius 3 is 2.89 bits per heavy atom. The van der Waals surface area contributed by atoms with E-state index in [4.69, 9.17) is 4.42 Å². The molecular formula is C19H19N3O3S2. The van der Waals surface area contributed by atoms with Crippen molar-refractivity contribution in [2.24, 2.45) is 0 Å². The van der Waals surface area contributed by atoms with Gasteiger partial charge in [-0.3, -0.25) is 14.9 Å². The Morgan fingerprint density at radius 2 is 2.04 bits per heavy atom. The molecule has 0 aliphatic heterocycles. The summed E-state index contributed by atoms with van der Waals surface area (Å²) in [5, 5.41) is 9.95. The summed E-state index contributed by atoms with van der Waals surface area (Å²) in [6, 6.07) is 3.62. The van der Waals surface area contributed by atoms with Crippen LogP contribution in [0.4, 0.5) is 5.13 Å². The highest BCUT2D eigenvalue weighted by Gasteiger charge is 2.21. The van der Waals surface area contributed by atoms with Gasteiger partial charge in [0.15, 0.2) is 10.9 Å². The van der Waals surface area contributed by atoms with Gasteiger partial charge < -0.3 is 9.73 Å². The normalized spacial score (nSPS) is 13.2. The fourth-order valence-corrected chi connectivity index (χ4v) is 4.94. The number of carbonyl (C=O) groups is 2. The van der Waals surface area contributed by atoms with Gasteiger partial charge in [0.25, 0.3) is 5.91 Å². The quantitative estimate of drug-likeness (QED) is 0.670. The predicted octanol–water partition coefficient (Wildman–Crippen LogP) is 4.23. The lowest BCUT2D eigenvalue weighted by molar-refractivity contribution is -0.119. The van der Waals surface area contributed by atoms with E-state index in [1.54, 1.807) is 17.4 Å². The number of thiazole rings is 1. The van der Waals surface area contributed by atoms with Crippen molar-refractivity contribution in [2.45, 2.75) is 39.2 Å². The zero-order chi connectivity index (χ0) is 18.8. The van der Waals surface area contributed by atoms with E-state index in [1.807, 2.05) is 16.8 Å². The van der Waals surface area contributed by atoms with Crippen molar-refractivity contribution in [1.82, 2.24) is 10.3 Å². The summed E-state index contributed by atoms with van der Waals surface area (Å²) in [5.41, 5.74) is 2.65. The number of carbonyl (C=O) groups excluding carboxylic acids is 2. The molecule has 1 aliphatic rings. The first-order chi connectivity index (χ1) is 13.1. The number of amides is 2. The summed E-state index contributed by atoms with van der Waals surface area (Å²) in [7, 11) is 0. The fourth-order valence-electron chi connectivity index (χ4n) is 3.12. The van der Waals surface area contributed by atoms with E-state index < -0.39 is 0 Å². The second kappa shape index (κ2) is 7.66. The highest BCUT2D eigenvalue weighted by molar-refractivity contribution is 7.14. The SMILES string of the molecule is CC(=O)NCc1ccc(-c2csc(NC(=O)c3csc4c3CCCC4)n2)o1. The largest absolute Gasteiger partial charge is 0.458 e. The van der Waals surface area contributed by atoms with E-state index in [2.05, 4.69) is 15.6 Å². The highest BCUT2D eigenvalue weighted by atomic mass is 32.1. The van der Waals surface area contributed by atoms with E-state index in [0.29, 0.717) is 28.9 Å². The van der Waals surface area contributed by atoms with Gasteiger partial charge in [0, 0.05) is 22.6 Å². The van der Waals surface area contributed by atoms with Gasteiger partial charge in [-0.2, -0.15) is 0 Å². The van der Waals surface area contributed by atoms with Crippen LogP contribution >= 0.6 is 22.7 Å². The first kappa shape index (κ1) is 17.9. The van der Waals surface area contributed by atoms with Crippen LogP contribution in [0.5, 0.6) is 0 Å².